The SMILES string of the molecule is Cc1nccc(SC(C)CO)n1. The van der Waals surface area contributed by atoms with E-state index in [1.165, 1.54) is 0 Å². The predicted molar refractivity (Wildman–Crippen MR) is 49.2 cm³/mol. The predicted octanol–water partition coefficient (Wildman–Crippen LogP) is 1.26. The summed E-state index contributed by atoms with van der Waals surface area (Å²) in [6.45, 7) is 3.99. The van der Waals surface area contributed by atoms with Crippen molar-refractivity contribution in [3.05, 3.63) is 18.1 Å². The van der Waals surface area contributed by atoms with Crippen LogP contribution in [0.5, 0.6) is 0 Å². The van der Waals surface area contributed by atoms with Crippen molar-refractivity contribution in [3.63, 3.8) is 0 Å². The van der Waals surface area contributed by atoms with Gasteiger partial charge in [-0.1, -0.05) is 6.92 Å². The molecule has 1 atom stereocenters. The Morgan fingerprint density at radius 1 is 1.67 bits per heavy atom. The van der Waals surface area contributed by atoms with Crippen LogP contribution in [0.15, 0.2) is 17.3 Å². The van der Waals surface area contributed by atoms with E-state index >= 15 is 0 Å². The molecule has 0 aliphatic carbocycles. The van der Waals surface area contributed by atoms with Crippen molar-refractivity contribution in [3.8, 4) is 0 Å². The minimum Gasteiger partial charge on any atom is -0.395 e. The van der Waals surface area contributed by atoms with E-state index in [1.54, 1.807) is 18.0 Å². The maximum absolute atomic E-state index is 8.80. The number of aryl methyl sites for hydroxylation is 1. The molecule has 66 valence electrons. The van der Waals surface area contributed by atoms with E-state index in [1.807, 2.05) is 19.9 Å². The molecule has 1 aromatic heterocycles. The minimum atomic E-state index is 0.174. The van der Waals surface area contributed by atoms with Crippen LogP contribution < -0.4 is 0 Å². The molecule has 0 fully saturated rings. The van der Waals surface area contributed by atoms with Gasteiger partial charge in [-0.15, -0.1) is 11.8 Å². The van der Waals surface area contributed by atoms with Crippen LogP contribution in [0, 0.1) is 6.92 Å². The molecule has 0 saturated heterocycles. The maximum Gasteiger partial charge on any atom is 0.126 e. The lowest BCUT2D eigenvalue weighted by Crippen LogP contribution is -2.02. The van der Waals surface area contributed by atoms with E-state index in [-0.39, 0.29) is 11.9 Å². The van der Waals surface area contributed by atoms with Crippen molar-refractivity contribution >= 4 is 11.8 Å². The Bertz CT molecular complexity index is 255. The zero-order valence-corrected chi connectivity index (χ0v) is 8.01. The summed E-state index contributed by atoms with van der Waals surface area (Å²) in [6.07, 6.45) is 1.73. The van der Waals surface area contributed by atoms with Gasteiger partial charge in [0, 0.05) is 11.4 Å². The number of nitrogens with zero attached hydrogens (tertiary/aromatic N) is 2. The third-order valence-electron chi connectivity index (χ3n) is 1.33. The van der Waals surface area contributed by atoms with Crippen LogP contribution in [0.1, 0.15) is 12.7 Å². The van der Waals surface area contributed by atoms with E-state index < -0.39 is 0 Å². The summed E-state index contributed by atoms with van der Waals surface area (Å²) >= 11 is 1.56. The molecule has 1 unspecified atom stereocenters. The summed E-state index contributed by atoms with van der Waals surface area (Å²) in [5.41, 5.74) is 0. The second kappa shape index (κ2) is 4.42. The van der Waals surface area contributed by atoms with E-state index in [4.69, 9.17) is 5.11 Å². The molecule has 4 heteroatoms. The van der Waals surface area contributed by atoms with Gasteiger partial charge in [0.25, 0.3) is 0 Å². The lowest BCUT2D eigenvalue weighted by molar-refractivity contribution is 0.300. The standard InChI is InChI=1S/C8H12N2OS/c1-6(5-11)12-8-3-4-9-7(2)10-8/h3-4,6,11H,5H2,1-2H3. The van der Waals surface area contributed by atoms with Crippen LogP contribution in [0.4, 0.5) is 0 Å². The summed E-state index contributed by atoms with van der Waals surface area (Å²) < 4.78 is 0. The molecular formula is C8H12N2OS. The maximum atomic E-state index is 8.80. The number of hydrogen-bond acceptors (Lipinski definition) is 4. The molecule has 3 nitrogen and oxygen atoms in total. The normalized spacial score (nSPS) is 12.9. The van der Waals surface area contributed by atoms with Crippen LogP contribution in [0.2, 0.25) is 0 Å². The molecule has 0 aliphatic heterocycles. The first-order valence-electron chi connectivity index (χ1n) is 3.79. The number of aliphatic hydroxyl groups excluding tert-OH is 1. The average Bonchev–Trinajstić information content (AvgIpc) is 2.04. The highest BCUT2D eigenvalue weighted by molar-refractivity contribution is 7.99. The molecule has 0 amide bonds. The Balaban J connectivity index is 2.63. The zero-order chi connectivity index (χ0) is 8.97. The first-order chi connectivity index (χ1) is 5.72. The average molecular weight is 184 g/mol. The lowest BCUT2D eigenvalue weighted by Gasteiger charge is -2.05. The van der Waals surface area contributed by atoms with Gasteiger partial charge in [-0.25, -0.2) is 9.97 Å². The third kappa shape index (κ3) is 2.79. The first-order valence-corrected chi connectivity index (χ1v) is 4.67. The number of thioether (sulfide) groups is 1. The van der Waals surface area contributed by atoms with Gasteiger partial charge in [-0.05, 0) is 13.0 Å². The molecule has 0 aromatic carbocycles. The van der Waals surface area contributed by atoms with Crippen molar-refractivity contribution in [1.82, 2.24) is 9.97 Å². The summed E-state index contributed by atoms with van der Waals surface area (Å²) in [7, 11) is 0. The van der Waals surface area contributed by atoms with E-state index in [9.17, 15) is 0 Å². The Hall–Kier alpha value is -0.610. The van der Waals surface area contributed by atoms with Crippen molar-refractivity contribution in [2.75, 3.05) is 6.61 Å². The largest absolute Gasteiger partial charge is 0.395 e. The van der Waals surface area contributed by atoms with Crippen molar-refractivity contribution in [1.29, 1.82) is 0 Å². The molecule has 0 bridgehead atoms. The third-order valence-corrected chi connectivity index (χ3v) is 2.35. The quantitative estimate of drug-likeness (QED) is 0.567. The fraction of sp³-hybridized carbons (Fsp3) is 0.500. The molecule has 0 radical (unpaired) electrons. The summed E-state index contributed by atoms with van der Waals surface area (Å²) in [5.74, 6) is 0.769. The monoisotopic (exact) mass is 184 g/mol. The number of rotatable bonds is 3. The topological polar surface area (TPSA) is 46.0 Å². The summed E-state index contributed by atoms with van der Waals surface area (Å²) in [6, 6.07) is 1.85. The van der Waals surface area contributed by atoms with Crippen molar-refractivity contribution in [2.24, 2.45) is 0 Å². The molecule has 1 N–H and O–H groups in total. The molecule has 0 spiro atoms. The number of aliphatic hydroxyl groups is 1. The highest BCUT2D eigenvalue weighted by Gasteiger charge is 2.03. The van der Waals surface area contributed by atoms with E-state index in [2.05, 4.69) is 9.97 Å². The van der Waals surface area contributed by atoms with Crippen molar-refractivity contribution < 1.29 is 5.11 Å². The van der Waals surface area contributed by atoms with Gasteiger partial charge in [-0.3, -0.25) is 0 Å². The summed E-state index contributed by atoms with van der Waals surface area (Å²) in [4.78, 5) is 8.19. The molecular weight excluding hydrogens is 172 g/mol. The Labute approximate surface area is 76.2 Å². The highest BCUT2D eigenvalue weighted by Crippen LogP contribution is 2.19. The molecule has 1 aromatic rings. The molecule has 1 heterocycles. The number of hydrogen-bond donors (Lipinski definition) is 1. The van der Waals surface area contributed by atoms with E-state index in [0.717, 1.165) is 10.9 Å². The molecule has 0 aliphatic rings. The van der Waals surface area contributed by atoms with Gasteiger partial charge < -0.3 is 5.11 Å². The smallest absolute Gasteiger partial charge is 0.126 e. The highest BCUT2D eigenvalue weighted by atomic mass is 32.2. The van der Waals surface area contributed by atoms with Crippen LogP contribution in [-0.4, -0.2) is 26.9 Å². The van der Waals surface area contributed by atoms with Gasteiger partial charge in [0.1, 0.15) is 10.9 Å². The second-order valence-corrected chi connectivity index (χ2v) is 4.01. The van der Waals surface area contributed by atoms with Crippen LogP contribution >= 0.6 is 11.8 Å². The van der Waals surface area contributed by atoms with Crippen LogP contribution in [0.3, 0.4) is 0 Å². The van der Waals surface area contributed by atoms with E-state index in [0.29, 0.717) is 0 Å². The lowest BCUT2D eigenvalue weighted by atomic mass is 10.5. The first kappa shape index (κ1) is 9.48. The van der Waals surface area contributed by atoms with Gasteiger partial charge in [-0.2, -0.15) is 0 Å². The molecule has 0 saturated carbocycles. The summed E-state index contributed by atoms with van der Waals surface area (Å²) in [5, 5.41) is 9.92. The minimum absolute atomic E-state index is 0.174. The molecule has 12 heavy (non-hydrogen) atoms. The van der Waals surface area contributed by atoms with Crippen molar-refractivity contribution in [2.45, 2.75) is 24.1 Å². The van der Waals surface area contributed by atoms with Crippen LogP contribution in [-0.2, 0) is 0 Å². The number of aromatic nitrogens is 2. The second-order valence-electron chi connectivity index (χ2n) is 2.55. The van der Waals surface area contributed by atoms with Gasteiger partial charge >= 0.3 is 0 Å². The Kier molecular flexibility index (Phi) is 3.49. The van der Waals surface area contributed by atoms with Gasteiger partial charge in [0.05, 0.1) is 6.61 Å². The molecule has 1 rings (SSSR count). The van der Waals surface area contributed by atoms with Gasteiger partial charge in [0.2, 0.25) is 0 Å². The fourth-order valence-electron chi connectivity index (χ4n) is 0.744. The van der Waals surface area contributed by atoms with Gasteiger partial charge in [0.15, 0.2) is 0 Å². The zero-order valence-electron chi connectivity index (χ0n) is 7.19. The van der Waals surface area contributed by atoms with Crippen LogP contribution in [0.25, 0.3) is 0 Å². The fourth-order valence-corrected chi connectivity index (χ4v) is 1.55. The Morgan fingerprint density at radius 2 is 2.42 bits per heavy atom. The Morgan fingerprint density at radius 3 is 3.00 bits per heavy atom.